The predicted octanol–water partition coefficient (Wildman–Crippen LogP) is 4.64. The van der Waals surface area contributed by atoms with Gasteiger partial charge in [-0.3, -0.25) is 4.79 Å². The lowest BCUT2D eigenvalue weighted by molar-refractivity contribution is -0.113. The molecule has 164 valence electrons. The van der Waals surface area contributed by atoms with Gasteiger partial charge in [0.15, 0.2) is 0 Å². The Labute approximate surface area is 181 Å². The fourth-order valence-electron chi connectivity index (χ4n) is 2.67. The van der Waals surface area contributed by atoms with E-state index in [0.717, 1.165) is 28.6 Å². The Morgan fingerprint density at radius 1 is 1.17 bits per heavy atom. The summed E-state index contributed by atoms with van der Waals surface area (Å²) in [6, 6.07) is 5.35. The number of hydrogen-bond donors (Lipinski definition) is 2. The number of aromatic nitrogens is 2. The molecule has 1 aromatic carbocycles. The molecule has 0 spiro atoms. The molecular weight excluding hydrogens is 404 g/mol. The van der Waals surface area contributed by atoms with E-state index < -0.39 is 17.7 Å². The molecule has 2 amide bonds. The van der Waals surface area contributed by atoms with Gasteiger partial charge >= 0.3 is 6.09 Å². The second kappa shape index (κ2) is 9.97. The van der Waals surface area contributed by atoms with Gasteiger partial charge in [0.05, 0.1) is 5.75 Å². The average Bonchev–Trinajstić information content (AvgIpc) is 3.08. The molecule has 9 heteroatoms. The van der Waals surface area contributed by atoms with Crippen LogP contribution < -0.4 is 10.6 Å². The Kier molecular flexibility index (Phi) is 7.89. The first-order chi connectivity index (χ1) is 14.0. The monoisotopic (exact) mass is 434 g/mol. The van der Waals surface area contributed by atoms with E-state index in [2.05, 4.69) is 20.8 Å². The van der Waals surface area contributed by atoms with Gasteiger partial charge in [0.2, 0.25) is 11.8 Å². The highest BCUT2D eigenvalue weighted by Gasteiger charge is 2.27. The maximum absolute atomic E-state index is 12.3. The molecule has 0 bridgehead atoms. The highest BCUT2D eigenvalue weighted by molar-refractivity contribution is 7.99. The number of amides is 2. The third-order valence-electron chi connectivity index (χ3n) is 4.10. The van der Waals surface area contributed by atoms with Crippen molar-refractivity contribution in [1.29, 1.82) is 0 Å². The molecule has 30 heavy (non-hydrogen) atoms. The smallest absolute Gasteiger partial charge is 0.408 e. The van der Waals surface area contributed by atoms with Crippen LogP contribution in [0.3, 0.4) is 0 Å². The van der Waals surface area contributed by atoms with Gasteiger partial charge in [-0.2, -0.15) is 0 Å². The first-order valence-electron chi connectivity index (χ1n) is 9.78. The number of nitrogens with zero attached hydrogens (tertiary/aromatic N) is 2. The second-order valence-corrected chi connectivity index (χ2v) is 9.30. The molecule has 1 heterocycles. The summed E-state index contributed by atoms with van der Waals surface area (Å²) >= 11 is 1.14. The first kappa shape index (κ1) is 23.7. The Hall–Kier alpha value is -2.55. The summed E-state index contributed by atoms with van der Waals surface area (Å²) < 4.78 is 11.0. The summed E-state index contributed by atoms with van der Waals surface area (Å²) in [5, 5.41) is 14.0. The van der Waals surface area contributed by atoms with E-state index in [-0.39, 0.29) is 28.7 Å². The van der Waals surface area contributed by atoms with Crippen molar-refractivity contribution in [3.8, 4) is 0 Å². The third-order valence-corrected chi connectivity index (χ3v) is 4.92. The minimum absolute atomic E-state index is 0.00291. The Morgan fingerprint density at radius 3 is 2.37 bits per heavy atom. The van der Waals surface area contributed by atoms with Crippen molar-refractivity contribution < 1.29 is 18.7 Å². The molecule has 0 aliphatic rings. The van der Waals surface area contributed by atoms with E-state index in [1.807, 2.05) is 45.9 Å². The Balaban J connectivity index is 1.97. The highest BCUT2D eigenvalue weighted by Crippen LogP contribution is 2.25. The molecule has 0 fully saturated rings. The van der Waals surface area contributed by atoms with Crippen LogP contribution in [0, 0.1) is 19.8 Å². The van der Waals surface area contributed by atoms with E-state index in [4.69, 9.17) is 9.15 Å². The molecule has 1 atom stereocenters. The van der Waals surface area contributed by atoms with Crippen molar-refractivity contribution in [2.24, 2.45) is 5.92 Å². The van der Waals surface area contributed by atoms with Gasteiger partial charge < -0.3 is 19.8 Å². The Morgan fingerprint density at radius 2 is 1.80 bits per heavy atom. The van der Waals surface area contributed by atoms with Crippen molar-refractivity contribution in [1.82, 2.24) is 15.5 Å². The summed E-state index contributed by atoms with van der Waals surface area (Å²) in [4.78, 5) is 24.4. The number of alkyl carbamates (subject to hydrolysis) is 1. The van der Waals surface area contributed by atoms with Crippen LogP contribution in [-0.2, 0) is 9.53 Å². The van der Waals surface area contributed by atoms with E-state index in [9.17, 15) is 9.59 Å². The second-order valence-electron chi connectivity index (χ2n) is 8.38. The Bertz CT molecular complexity index is 869. The summed E-state index contributed by atoms with van der Waals surface area (Å²) in [7, 11) is 0. The SMILES string of the molecule is Cc1cccc(C)c1NC(=O)CSc1nnc([C@H](NC(=O)OC(C)(C)C)C(C)C)o1. The largest absolute Gasteiger partial charge is 0.444 e. The number of ether oxygens (including phenoxy) is 1. The maximum Gasteiger partial charge on any atom is 0.408 e. The molecule has 0 aliphatic carbocycles. The summed E-state index contributed by atoms with van der Waals surface area (Å²) in [5.41, 5.74) is 2.21. The molecule has 0 saturated carbocycles. The molecule has 0 aliphatic heterocycles. The number of nitrogens with one attached hydrogen (secondary N) is 2. The van der Waals surface area contributed by atoms with E-state index in [1.54, 1.807) is 20.8 Å². The summed E-state index contributed by atoms with van der Waals surface area (Å²) in [6.45, 7) is 13.1. The van der Waals surface area contributed by atoms with Crippen LogP contribution in [-0.4, -0.2) is 33.6 Å². The number of benzene rings is 1. The molecule has 0 radical (unpaired) electrons. The van der Waals surface area contributed by atoms with Gasteiger partial charge in [0, 0.05) is 5.69 Å². The van der Waals surface area contributed by atoms with Gasteiger partial charge in [-0.25, -0.2) is 4.79 Å². The van der Waals surface area contributed by atoms with E-state index in [1.165, 1.54) is 0 Å². The fraction of sp³-hybridized carbons (Fsp3) is 0.524. The highest BCUT2D eigenvalue weighted by atomic mass is 32.2. The number of aryl methyl sites for hydroxylation is 2. The number of rotatable bonds is 7. The quantitative estimate of drug-likeness (QED) is 0.611. The lowest BCUT2D eigenvalue weighted by Gasteiger charge is -2.23. The zero-order valence-corrected chi connectivity index (χ0v) is 19.3. The van der Waals surface area contributed by atoms with Crippen molar-refractivity contribution in [3.05, 3.63) is 35.2 Å². The summed E-state index contributed by atoms with van der Waals surface area (Å²) in [6.07, 6.45) is -0.554. The number of para-hydroxylation sites is 1. The lowest BCUT2D eigenvalue weighted by Crippen LogP contribution is -2.37. The lowest BCUT2D eigenvalue weighted by atomic mass is 10.1. The normalized spacial score (nSPS) is 12.5. The number of carbonyl (C=O) groups excluding carboxylic acids is 2. The van der Waals surface area contributed by atoms with Crippen molar-refractivity contribution in [2.45, 2.75) is 65.3 Å². The van der Waals surface area contributed by atoms with Crippen LogP contribution >= 0.6 is 11.8 Å². The standard InChI is InChI=1S/C21H30N4O4S/c1-12(2)16(23-19(27)29-21(5,6)7)18-24-25-20(28-18)30-11-15(26)22-17-13(3)9-8-10-14(17)4/h8-10,12,16H,11H2,1-7H3,(H,22,26)(H,23,27)/t16-/m1/s1. The van der Waals surface area contributed by atoms with Gasteiger partial charge in [0.25, 0.3) is 5.22 Å². The number of hydrogen-bond acceptors (Lipinski definition) is 7. The molecule has 2 N–H and O–H groups in total. The van der Waals surface area contributed by atoms with Gasteiger partial charge in [-0.1, -0.05) is 43.8 Å². The van der Waals surface area contributed by atoms with Crippen LogP contribution in [0.2, 0.25) is 0 Å². The molecule has 2 rings (SSSR count). The van der Waals surface area contributed by atoms with Gasteiger partial charge in [0.1, 0.15) is 11.6 Å². The number of anilines is 1. The average molecular weight is 435 g/mol. The van der Waals surface area contributed by atoms with Crippen molar-refractivity contribution >= 4 is 29.4 Å². The third kappa shape index (κ3) is 7.05. The zero-order chi connectivity index (χ0) is 22.5. The fourth-order valence-corrected chi connectivity index (χ4v) is 3.24. The predicted molar refractivity (Wildman–Crippen MR) is 117 cm³/mol. The topological polar surface area (TPSA) is 106 Å². The molecule has 8 nitrogen and oxygen atoms in total. The molecule has 0 unspecified atom stereocenters. The van der Waals surface area contributed by atoms with E-state index in [0.29, 0.717) is 0 Å². The van der Waals surface area contributed by atoms with Crippen molar-refractivity contribution in [2.75, 3.05) is 11.1 Å². The number of carbonyl (C=O) groups is 2. The van der Waals surface area contributed by atoms with Crippen LogP contribution in [0.5, 0.6) is 0 Å². The minimum Gasteiger partial charge on any atom is -0.444 e. The minimum atomic E-state index is -0.607. The van der Waals surface area contributed by atoms with Gasteiger partial charge in [-0.15, -0.1) is 10.2 Å². The van der Waals surface area contributed by atoms with Crippen LogP contribution in [0.15, 0.2) is 27.8 Å². The van der Waals surface area contributed by atoms with Crippen LogP contribution in [0.4, 0.5) is 10.5 Å². The van der Waals surface area contributed by atoms with Gasteiger partial charge in [-0.05, 0) is 51.7 Å². The van der Waals surface area contributed by atoms with Crippen LogP contribution in [0.1, 0.15) is 57.7 Å². The van der Waals surface area contributed by atoms with Crippen LogP contribution in [0.25, 0.3) is 0 Å². The molecule has 1 aromatic heterocycles. The zero-order valence-electron chi connectivity index (χ0n) is 18.5. The molecule has 0 saturated heterocycles. The summed E-state index contributed by atoms with van der Waals surface area (Å²) in [5.74, 6) is 0.238. The molecular formula is C21H30N4O4S. The maximum atomic E-state index is 12.3. The van der Waals surface area contributed by atoms with E-state index >= 15 is 0 Å². The first-order valence-corrected chi connectivity index (χ1v) is 10.8. The number of thioether (sulfide) groups is 1. The van der Waals surface area contributed by atoms with Crippen molar-refractivity contribution in [3.63, 3.8) is 0 Å². The molecule has 2 aromatic rings.